The number of aromatic amines is 1. The molecule has 0 spiro atoms. The summed E-state index contributed by atoms with van der Waals surface area (Å²) in [7, 11) is 3.19. The first-order chi connectivity index (χ1) is 10.4. The van der Waals surface area contributed by atoms with Crippen molar-refractivity contribution in [3.63, 3.8) is 0 Å². The van der Waals surface area contributed by atoms with Crippen LogP contribution in [0.4, 0.5) is 5.82 Å². The van der Waals surface area contributed by atoms with Crippen molar-refractivity contribution in [3.05, 3.63) is 22.4 Å². The van der Waals surface area contributed by atoms with Crippen molar-refractivity contribution in [2.24, 2.45) is 0 Å². The van der Waals surface area contributed by atoms with Crippen molar-refractivity contribution in [1.29, 1.82) is 0 Å². The number of anilines is 1. The SMILES string of the molecule is COC(CCNc1nc(C(C)(C)C)cn2c(=O)[nH]nc12)OC. The van der Waals surface area contributed by atoms with E-state index in [0.717, 1.165) is 5.69 Å². The third-order valence-corrected chi connectivity index (χ3v) is 3.37. The Kier molecular flexibility index (Phi) is 4.82. The fourth-order valence-corrected chi connectivity index (χ4v) is 2.03. The summed E-state index contributed by atoms with van der Waals surface area (Å²) in [6, 6.07) is 0. The van der Waals surface area contributed by atoms with Crippen molar-refractivity contribution in [2.75, 3.05) is 26.1 Å². The second-order valence-electron chi connectivity index (χ2n) is 6.06. The van der Waals surface area contributed by atoms with Crippen LogP contribution in [0.25, 0.3) is 5.65 Å². The Morgan fingerprint density at radius 1 is 1.36 bits per heavy atom. The standard InChI is InChI=1S/C14H23N5O3/c1-14(2,3)9-8-19-12(17-18-13(19)20)11(16-9)15-7-6-10(21-4)22-5/h8,10H,6-7H2,1-5H3,(H,15,16)(H,18,20). The summed E-state index contributed by atoms with van der Waals surface area (Å²) in [6.07, 6.45) is 2.09. The number of fused-ring (bicyclic) bond motifs is 1. The van der Waals surface area contributed by atoms with Gasteiger partial charge in [-0.05, 0) is 0 Å². The predicted molar refractivity (Wildman–Crippen MR) is 83.2 cm³/mol. The summed E-state index contributed by atoms with van der Waals surface area (Å²) in [5, 5.41) is 9.66. The van der Waals surface area contributed by atoms with E-state index in [1.165, 1.54) is 4.40 Å². The number of methoxy groups -OCH3 is 2. The highest BCUT2D eigenvalue weighted by atomic mass is 16.7. The van der Waals surface area contributed by atoms with E-state index in [1.54, 1.807) is 20.4 Å². The minimum atomic E-state index is -0.282. The van der Waals surface area contributed by atoms with Gasteiger partial charge in [-0.3, -0.25) is 0 Å². The molecular formula is C14H23N5O3. The monoisotopic (exact) mass is 309 g/mol. The van der Waals surface area contributed by atoms with Gasteiger partial charge in [-0.2, -0.15) is 0 Å². The molecule has 0 atom stereocenters. The molecule has 0 bridgehead atoms. The van der Waals surface area contributed by atoms with Gasteiger partial charge in [0.25, 0.3) is 0 Å². The molecule has 0 unspecified atom stereocenters. The minimum Gasteiger partial charge on any atom is -0.367 e. The number of hydrogen-bond donors (Lipinski definition) is 2. The predicted octanol–water partition coefficient (Wildman–Crippen LogP) is 1.14. The van der Waals surface area contributed by atoms with E-state index in [0.29, 0.717) is 24.4 Å². The average Bonchev–Trinajstić information content (AvgIpc) is 2.84. The van der Waals surface area contributed by atoms with Gasteiger partial charge < -0.3 is 14.8 Å². The van der Waals surface area contributed by atoms with Gasteiger partial charge in [0.15, 0.2) is 12.1 Å². The number of H-pyrrole nitrogens is 1. The molecule has 0 radical (unpaired) electrons. The molecule has 0 aliphatic rings. The Morgan fingerprint density at radius 2 is 2.05 bits per heavy atom. The van der Waals surface area contributed by atoms with Crippen molar-refractivity contribution >= 4 is 11.5 Å². The molecule has 22 heavy (non-hydrogen) atoms. The lowest BCUT2D eigenvalue weighted by atomic mass is 9.93. The maximum atomic E-state index is 11.8. The maximum absolute atomic E-state index is 11.8. The Hall–Kier alpha value is -1.93. The molecule has 8 nitrogen and oxygen atoms in total. The second-order valence-corrected chi connectivity index (χ2v) is 6.06. The number of nitrogens with zero attached hydrogens (tertiary/aromatic N) is 3. The molecule has 0 saturated carbocycles. The van der Waals surface area contributed by atoms with Gasteiger partial charge in [0.2, 0.25) is 5.65 Å². The van der Waals surface area contributed by atoms with Crippen LogP contribution >= 0.6 is 0 Å². The number of ether oxygens (including phenoxy) is 2. The fourth-order valence-electron chi connectivity index (χ4n) is 2.03. The number of aromatic nitrogens is 4. The molecule has 2 rings (SSSR count). The van der Waals surface area contributed by atoms with Crippen molar-refractivity contribution < 1.29 is 9.47 Å². The van der Waals surface area contributed by atoms with E-state index in [2.05, 4.69) is 20.5 Å². The molecular weight excluding hydrogens is 286 g/mol. The molecule has 122 valence electrons. The first-order valence-electron chi connectivity index (χ1n) is 7.14. The quantitative estimate of drug-likeness (QED) is 0.777. The third-order valence-electron chi connectivity index (χ3n) is 3.37. The topological polar surface area (TPSA) is 93.5 Å². The van der Waals surface area contributed by atoms with Crippen molar-refractivity contribution in [2.45, 2.75) is 38.9 Å². The molecule has 0 amide bonds. The van der Waals surface area contributed by atoms with Gasteiger partial charge >= 0.3 is 5.69 Å². The molecule has 0 fully saturated rings. The van der Waals surface area contributed by atoms with Gasteiger partial charge in [0.1, 0.15) is 0 Å². The summed E-state index contributed by atoms with van der Waals surface area (Å²) < 4.78 is 11.8. The Labute approximate surface area is 128 Å². The van der Waals surface area contributed by atoms with Crippen LogP contribution in [0.2, 0.25) is 0 Å². The molecule has 0 saturated heterocycles. The summed E-state index contributed by atoms with van der Waals surface area (Å²) >= 11 is 0. The Bertz CT molecular complexity index is 682. The van der Waals surface area contributed by atoms with Gasteiger partial charge in [0, 0.05) is 38.8 Å². The van der Waals surface area contributed by atoms with E-state index < -0.39 is 0 Å². The first kappa shape index (κ1) is 16.4. The van der Waals surface area contributed by atoms with Crippen LogP contribution in [0.15, 0.2) is 11.0 Å². The third kappa shape index (κ3) is 3.45. The zero-order chi connectivity index (χ0) is 16.3. The van der Waals surface area contributed by atoms with Gasteiger partial charge in [0.05, 0.1) is 5.69 Å². The molecule has 2 aromatic heterocycles. The lowest BCUT2D eigenvalue weighted by Gasteiger charge is -2.19. The number of nitrogens with one attached hydrogen (secondary N) is 2. The summed E-state index contributed by atoms with van der Waals surface area (Å²) in [4.78, 5) is 16.4. The first-order valence-corrected chi connectivity index (χ1v) is 7.14. The van der Waals surface area contributed by atoms with Crippen molar-refractivity contribution in [1.82, 2.24) is 19.6 Å². The zero-order valence-electron chi connectivity index (χ0n) is 13.6. The average molecular weight is 309 g/mol. The summed E-state index contributed by atoms with van der Waals surface area (Å²) in [6.45, 7) is 6.72. The summed E-state index contributed by atoms with van der Waals surface area (Å²) in [5.41, 5.74) is 0.825. The van der Waals surface area contributed by atoms with Crippen LogP contribution in [0.3, 0.4) is 0 Å². The van der Waals surface area contributed by atoms with Crippen LogP contribution in [0.1, 0.15) is 32.9 Å². The van der Waals surface area contributed by atoms with Gasteiger partial charge in [-0.1, -0.05) is 20.8 Å². The Morgan fingerprint density at radius 3 is 2.64 bits per heavy atom. The summed E-state index contributed by atoms with van der Waals surface area (Å²) in [5.74, 6) is 0.566. The van der Waals surface area contributed by atoms with Gasteiger partial charge in [-0.25, -0.2) is 19.3 Å². The van der Waals surface area contributed by atoms with E-state index in [1.807, 2.05) is 20.8 Å². The molecule has 0 aromatic carbocycles. The van der Waals surface area contributed by atoms with E-state index >= 15 is 0 Å². The fraction of sp³-hybridized carbons (Fsp3) is 0.643. The van der Waals surface area contributed by atoms with Crippen LogP contribution in [0.5, 0.6) is 0 Å². The molecule has 2 N–H and O–H groups in total. The van der Waals surface area contributed by atoms with Crippen molar-refractivity contribution in [3.8, 4) is 0 Å². The molecule has 8 heteroatoms. The maximum Gasteiger partial charge on any atom is 0.347 e. The van der Waals surface area contributed by atoms with Crippen LogP contribution < -0.4 is 11.0 Å². The second kappa shape index (κ2) is 6.45. The molecule has 2 heterocycles. The smallest absolute Gasteiger partial charge is 0.347 e. The highest BCUT2D eigenvalue weighted by Gasteiger charge is 2.20. The number of hydrogen-bond acceptors (Lipinski definition) is 6. The highest BCUT2D eigenvalue weighted by molar-refractivity contribution is 5.62. The van der Waals surface area contributed by atoms with E-state index in [4.69, 9.17) is 9.47 Å². The largest absolute Gasteiger partial charge is 0.367 e. The molecule has 0 aliphatic carbocycles. The van der Waals surface area contributed by atoms with Gasteiger partial charge in [-0.15, -0.1) is 5.10 Å². The van der Waals surface area contributed by atoms with Crippen LogP contribution in [-0.4, -0.2) is 46.6 Å². The van der Waals surface area contributed by atoms with Crippen LogP contribution in [-0.2, 0) is 14.9 Å². The molecule has 2 aromatic rings. The van der Waals surface area contributed by atoms with E-state index in [-0.39, 0.29) is 17.4 Å². The minimum absolute atomic E-state index is 0.178. The van der Waals surface area contributed by atoms with Crippen LogP contribution in [0, 0.1) is 0 Å². The molecule has 0 aliphatic heterocycles. The zero-order valence-corrected chi connectivity index (χ0v) is 13.6. The number of rotatable bonds is 6. The Balaban J connectivity index is 2.29. The lowest BCUT2D eigenvalue weighted by Crippen LogP contribution is -2.21. The normalized spacial score (nSPS) is 12.3. The lowest BCUT2D eigenvalue weighted by molar-refractivity contribution is -0.103. The van der Waals surface area contributed by atoms with E-state index in [9.17, 15) is 4.79 Å². The highest BCUT2D eigenvalue weighted by Crippen LogP contribution is 2.22.